The van der Waals surface area contributed by atoms with E-state index in [4.69, 9.17) is 0 Å². The fraction of sp³-hybridized carbons (Fsp3) is 0.400. The van der Waals surface area contributed by atoms with E-state index in [-0.39, 0.29) is 18.3 Å². The van der Waals surface area contributed by atoms with Crippen molar-refractivity contribution in [3.8, 4) is 0 Å². The zero-order chi connectivity index (χ0) is 17.8. The summed E-state index contributed by atoms with van der Waals surface area (Å²) >= 11 is 0. The largest absolute Gasteiger partial charge is 0.337 e. The van der Waals surface area contributed by atoms with Crippen molar-refractivity contribution in [3.05, 3.63) is 64.7 Å². The molecular formula is C20H24FN3O. The van der Waals surface area contributed by atoms with Crippen LogP contribution in [-0.4, -0.2) is 35.9 Å². The lowest BCUT2D eigenvalue weighted by molar-refractivity contribution is 0.0781. The van der Waals surface area contributed by atoms with Crippen LogP contribution in [-0.2, 0) is 6.54 Å². The van der Waals surface area contributed by atoms with Gasteiger partial charge in [0, 0.05) is 31.3 Å². The second kappa shape index (κ2) is 7.74. The van der Waals surface area contributed by atoms with Crippen LogP contribution >= 0.6 is 0 Å². The topological polar surface area (TPSA) is 45.2 Å². The molecule has 1 amide bonds. The highest BCUT2D eigenvalue weighted by molar-refractivity contribution is 5.95. The van der Waals surface area contributed by atoms with Crippen molar-refractivity contribution in [1.82, 2.24) is 15.2 Å². The molecule has 1 N–H and O–H groups in total. The van der Waals surface area contributed by atoms with E-state index in [9.17, 15) is 9.18 Å². The van der Waals surface area contributed by atoms with Gasteiger partial charge in [-0.05, 0) is 51.1 Å². The number of amides is 1. The molecule has 0 unspecified atom stereocenters. The number of carbonyl (C=O) groups is 1. The number of nitrogens with zero attached hydrogens (tertiary/aromatic N) is 2. The van der Waals surface area contributed by atoms with Gasteiger partial charge in [0.1, 0.15) is 5.82 Å². The molecule has 2 aromatic rings. The van der Waals surface area contributed by atoms with Crippen LogP contribution in [0.5, 0.6) is 0 Å². The number of aryl methyl sites for hydroxylation is 1. The van der Waals surface area contributed by atoms with Gasteiger partial charge >= 0.3 is 0 Å². The third-order valence-electron chi connectivity index (χ3n) is 4.75. The summed E-state index contributed by atoms with van der Waals surface area (Å²) < 4.78 is 14.0. The molecule has 3 rings (SSSR count). The molecule has 5 heteroatoms. The molecular weight excluding hydrogens is 317 g/mol. The average Bonchev–Trinajstić information content (AvgIpc) is 2.65. The second-order valence-corrected chi connectivity index (χ2v) is 6.72. The molecule has 1 aliphatic heterocycles. The van der Waals surface area contributed by atoms with E-state index >= 15 is 0 Å². The molecule has 25 heavy (non-hydrogen) atoms. The molecule has 0 bridgehead atoms. The van der Waals surface area contributed by atoms with Gasteiger partial charge in [0.25, 0.3) is 5.91 Å². The number of halogens is 1. The van der Waals surface area contributed by atoms with Crippen LogP contribution in [0.1, 0.15) is 45.9 Å². The first-order chi connectivity index (χ1) is 12.1. The summed E-state index contributed by atoms with van der Waals surface area (Å²) in [5.41, 5.74) is 3.01. The Labute approximate surface area is 148 Å². The summed E-state index contributed by atoms with van der Waals surface area (Å²) in [5.74, 6) is -0.0944. The van der Waals surface area contributed by atoms with Crippen LogP contribution in [0, 0.1) is 12.7 Å². The first kappa shape index (κ1) is 17.5. The van der Waals surface area contributed by atoms with Crippen molar-refractivity contribution in [2.24, 2.45) is 0 Å². The molecule has 0 spiro atoms. The third kappa shape index (κ3) is 4.04. The Hall–Kier alpha value is -2.27. The van der Waals surface area contributed by atoms with Gasteiger partial charge in [-0.15, -0.1) is 0 Å². The van der Waals surface area contributed by atoms with Crippen molar-refractivity contribution in [1.29, 1.82) is 0 Å². The monoisotopic (exact) mass is 341 g/mol. The minimum absolute atomic E-state index is 0.109. The molecule has 0 aliphatic carbocycles. The lowest BCUT2D eigenvalue weighted by Crippen LogP contribution is -2.31. The predicted octanol–water partition coefficient (Wildman–Crippen LogP) is 3.27. The minimum atomic E-state index is -0.282. The molecule has 1 aromatic heterocycles. The maximum Gasteiger partial charge on any atom is 0.255 e. The molecule has 132 valence electrons. The van der Waals surface area contributed by atoms with Crippen molar-refractivity contribution in [3.63, 3.8) is 0 Å². The minimum Gasteiger partial charge on any atom is -0.337 e. The van der Waals surface area contributed by atoms with Crippen LogP contribution in [0.25, 0.3) is 0 Å². The highest BCUT2D eigenvalue weighted by atomic mass is 19.1. The van der Waals surface area contributed by atoms with Crippen molar-refractivity contribution >= 4 is 5.91 Å². The molecule has 1 fully saturated rings. The van der Waals surface area contributed by atoms with E-state index < -0.39 is 0 Å². The molecule has 2 heterocycles. The summed E-state index contributed by atoms with van der Waals surface area (Å²) in [4.78, 5) is 19.0. The smallest absolute Gasteiger partial charge is 0.255 e. The van der Waals surface area contributed by atoms with Gasteiger partial charge in [0.2, 0.25) is 0 Å². The van der Waals surface area contributed by atoms with Crippen LogP contribution in [0.3, 0.4) is 0 Å². The Morgan fingerprint density at radius 3 is 2.84 bits per heavy atom. The summed E-state index contributed by atoms with van der Waals surface area (Å²) in [6.45, 7) is 4.05. The van der Waals surface area contributed by atoms with Crippen LogP contribution in [0.15, 0.2) is 36.5 Å². The fourth-order valence-corrected chi connectivity index (χ4v) is 3.38. The zero-order valence-electron chi connectivity index (χ0n) is 14.8. The average molecular weight is 341 g/mol. The number of nitrogens with one attached hydrogen (secondary N) is 1. The van der Waals surface area contributed by atoms with Gasteiger partial charge in [-0.25, -0.2) is 4.39 Å². The van der Waals surface area contributed by atoms with Gasteiger partial charge in [0.15, 0.2) is 0 Å². The quantitative estimate of drug-likeness (QED) is 0.928. The Morgan fingerprint density at radius 2 is 2.08 bits per heavy atom. The van der Waals surface area contributed by atoms with Crippen LogP contribution < -0.4 is 5.32 Å². The summed E-state index contributed by atoms with van der Waals surface area (Å²) in [5, 5.41) is 3.34. The standard InChI is InChI=1S/C20H24FN3O/c1-14-5-6-18(21)16(12-14)13-24(2)20(25)17-4-3-9-23-19(17)15-7-10-22-11-8-15/h3-6,9,12,15,22H,7-8,10-11,13H2,1-2H3. The highest BCUT2D eigenvalue weighted by Gasteiger charge is 2.24. The third-order valence-corrected chi connectivity index (χ3v) is 4.75. The van der Waals surface area contributed by atoms with Crippen LogP contribution in [0.2, 0.25) is 0 Å². The van der Waals surface area contributed by atoms with E-state index in [0.717, 1.165) is 37.2 Å². The highest BCUT2D eigenvalue weighted by Crippen LogP contribution is 2.27. The van der Waals surface area contributed by atoms with Crippen LogP contribution in [0.4, 0.5) is 4.39 Å². The number of hydrogen-bond donors (Lipinski definition) is 1. The Kier molecular flexibility index (Phi) is 5.43. The normalized spacial score (nSPS) is 15.2. The first-order valence-corrected chi connectivity index (χ1v) is 8.72. The van der Waals surface area contributed by atoms with Crippen molar-refractivity contribution in [2.45, 2.75) is 32.2 Å². The number of aromatic nitrogens is 1. The lowest BCUT2D eigenvalue weighted by atomic mass is 9.91. The number of pyridine rings is 1. The first-order valence-electron chi connectivity index (χ1n) is 8.72. The molecule has 4 nitrogen and oxygen atoms in total. The van der Waals surface area contributed by atoms with E-state index in [1.165, 1.54) is 6.07 Å². The SMILES string of the molecule is Cc1ccc(F)c(CN(C)C(=O)c2cccnc2C2CCNCC2)c1. The molecule has 0 atom stereocenters. The fourth-order valence-electron chi connectivity index (χ4n) is 3.38. The van der Waals surface area contributed by atoms with E-state index in [1.54, 1.807) is 36.3 Å². The maximum absolute atomic E-state index is 14.0. The molecule has 1 aliphatic rings. The van der Waals surface area contributed by atoms with Gasteiger partial charge in [0.05, 0.1) is 11.3 Å². The van der Waals surface area contributed by atoms with E-state index in [2.05, 4.69) is 10.3 Å². The van der Waals surface area contributed by atoms with Gasteiger partial charge in [-0.3, -0.25) is 9.78 Å². The van der Waals surface area contributed by atoms with E-state index in [1.807, 2.05) is 13.0 Å². The maximum atomic E-state index is 14.0. The molecule has 1 saturated heterocycles. The summed E-state index contributed by atoms with van der Waals surface area (Å²) in [7, 11) is 1.71. The molecule has 0 radical (unpaired) electrons. The number of hydrogen-bond acceptors (Lipinski definition) is 3. The Balaban J connectivity index is 1.81. The summed E-state index contributed by atoms with van der Waals surface area (Å²) in [6, 6.07) is 8.59. The number of rotatable bonds is 4. The lowest BCUT2D eigenvalue weighted by Gasteiger charge is -2.25. The number of carbonyl (C=O) groups excluding carboxylic acids is 1. The van der Waals surface area contributed by atoms with Gasteiger partial charge < -0.3 is 10.2 Å². The number of piperidine rings is 1. The molecule has 1 aromatic carbocycles. The summed E-state index contributed by atoms with van der Waals surface area (Å²) in [6.07, 6.45) is 3.70. The Bertz CT molecular complexity index is 756. The number of benzene rings is 1. The van der Waals surface area contributed by atoms with Crippen molar-refractivity contribution < 1.29 is 9.18 Å². The van der Waals surface area contributed by atoms with Crippen molar-refractivity contribution in [2.75, 3.05) is 20.1 Å². The zero-order valence-corrected chi connectivity index (χ0v) is 14.8. The Morgan fingerprint density at radius 1 is 1.32 bits per heavy atom. The second-order valence-electron chi connectivity index (χ2n) is 6.72. The van der Waals surface area contributed by atoms with E-state index in [0.29, 0.717) is 17.0 Å². The predicted molar refractivity (Wildman–Crippen MR) is 96.0 cm³/mol. The van der Waals surface area contributed by atoms with Gasteiger partial charge in [-0.1, -0.05) is 17.7 Å². The van der Waals surface area contributed by atoms with Gasteiger partial charge in [-0.2, -0.15) is 0 Å². The molecule has 0 saturated carbocycles.